The molecule has 1 aromatic rings. The first-order valence-corrected chi connectivity index (χ1v) is 10.0. The molecule has 2 aliphatic rings. The van der Waals surface area contributed by atoms with E-state index in [1.807, 2.05) is 6.07 Å². The number of halogens is 1. The molecule has 0 aliphatic carbocycles. The van der Waals surface area contributed by atoms with Crippen molar-refractivity contribution < 1.29 is 4.79 Å². The molecule has 0 bridgehead atoms. The summed E-state index contributed by atoms with van der Waals surface area (Å²) in [5.74, 6) is 0.507. The molecule has 2 atom stereocenters. The highest BCUT2D eigenvalue weighted by Gasteiger charge is 2.28. The van der Waals surface area contributed by atoms with Gasteiger partial charge in [-0.25, -0.2) is 4.79 Å². The van der Waals surface area contributed by atoms with Crippen molar-refractivity contribution in [1.29, 1.82) is 0 Å². The lowest BCUT2D eigenvalue weighted by Gasteiger charge is -2.35. The first-order valence-electron chi connectivity index (χ1n) is 9.64. The molecule has 2 unspecified atom stereocenters. The number of amides is 2. The zero-order chi connectivity index (χ0) is 17.8. The summed E-state index contributed by atoms with van der Waals surface area (Å²) in [4.78, 5) is 17.0. The first kappa shape index (κ1) is 18.4. The van der Waals surface area contributed by atoms with E-state index in [0.29, 0.717) is 12.0 Å². The Morgan fingerprint density at radius 3 is 2.92 bits per heavy atom. The molecule has 2 aliphatic heterocycles. The Labute approximate surface area is 156 Å². The number of urea groups is 1. The van der Waals surface area contributed by atoms with Gasteiger partial charge in [0.15, 0.2) is 0 Å². The normalized spacial score (nSPS) is 23.8. The number of hydrogen-bond donors (Lipinski definition) is 1. The van der Waals surface area contributed by atoms with Gasteiger partial charge in [0.25, 0.3) is 0 Å². The third kappa shape index (κ3) is 4.41. The molecule has 0 radical (unpaired) electrons. The lowest BCUT2D eigenvalue weighted by Crippen LogP contribution is -2.49. The van der Waals surface area contributed by atoms with E-state index in [4.69, 9.17) is 11.6 Å². The maximum Gasteiger partial charge on any atom is 0.317 e. The number of likely N-dealkylation sites (tertiary alicyclic amines) is 1. The summed E-state index contributed by atoms with van der Waals surface area (Å²) in [6.45, 7) is 7.99. The third-order valence-electron chi connectivity index (χ3n) is 5.70. The number of piperidine rings is 1. The number of rotatable bonds is 4. The molecule has 1 aromatic carbocycles. The van der Waals surface area contributed by atoms with Crippen LogP contribution in [0.4, 0.5) is 10.5 Å². The van der Waals surface area contributed by atoms with Crippen molar-refractivity contribution in [3.05, 3.63) is 28.8 Å². The molecule has 2 amide bonds. The minimum atomic E-state index is 0.129. The maximum atomic E-state index is 12.6. The van der Waals surface area contributed by atoms with Crippen molar-refractivity contribution in [2.45, 2.75) is 52.0 Å². The Hall–Kier alpha value is -1.42. The van der Waals surface area contributed by atoms with Crippen LogP contribution in [0.2, 0.25) is 5.02 Å². The zero-order valence-corrected chi connectivity index (χ0v) is 16.2. The van der Waals surface area contributed by atoms with Crippen LogP contribution in [0.25, 0.3) is 0 Å². The molecule has 2 fully saturated rings. The molecule has 138 valence electrons. The molecule has 25 heavy (non-hydrogen) atoms. The first-order chi connectivity index (χ1) is 12.1. The standard InChI is InChI=1S/C20H30ClN3O/c1-3-18-6-4-5-10-24(18)20(25)22-13-16-9-11-23(14-16)19-12-17(21)8-7-15(19)2/h7-8,12,16,18H,3-6,9-11,13-14H2,1-2H3,(H,22,25). The fraction of sp³-hybridized carbons (Fsp3) is 0.650. The number of hydrogen-bond acceptors (Lipinski definition) is 2. The van der Waals surface area contributed by atoms with Crippen molar-refractivity contribution in [1.82, 2.24) is 10.2 Å². The zero-order valence-electron chi connectivity index (χ0n) is 15.4. The van der Waals surface area contributed by atoms with E-state index in [0.717, 1.165) is 56.9 Å². The average molecular weight is 364 g/mol. The summed E-state index contributed by atoms with van der Waals surface area (Å²) in [6.07, 6.45) is 5.70. The van der Waals surface area contributed by atoms with Crippen molar-refractivity contribution in [2.24, 2.45) is 5.92 Å². The van der Waals surface area contributed by atoms with E-state index in [-0.39, 0.29) is 6.03 Å². The fourth-order valence-corrected chi connectivity index (χ4v) is 4.33. The largest absolute Gasteiger partial charge is 0.371 e. The van der Waals surface area contributed by atoms with Gasteiger partial charge in [-0.05, 0) is 62.6 Å². The lowest BCUT2D eigenvalue weighted by atomic mass is 10.0. The predicted molar refractivity (Wildman–Crippen MR) is 105 cm³/mol. The highest BCUT2D eigenvalue weighted by Crippen LogP contribution is 2.29. The monoisotopic (exact) mass is 363 g/mol. The lowest BCUT2D eigenvalue weighted by molar-refractivity contribution is 0.148. The molecule has 2 heterocycles. The van der Waals surface area contributed by atoms with Crippen molar-refractivity contribution in [3.63, 3.8) is 0 Å². The van der Waals surface area contributed by atoms with Gasteiger partial charge in [0.2, 0.25) is 0 Å². The van der Waals surface area contributed by atoms with Gasteiger partial charge in [-0.15, -0.1) is 0 Å². The average Bonchev–Trinajstić information content (AvgIpc) is 3.10. The van der Waals surface area contributed by atoms with Crippen molar-refractivity contribution in [2.75, 3.05) is 31.1 Å². The summed E-state index contributed by atoms with van der Waals surface area (Å²) in [5, 5.41) is 3.98. The van der Waals surface area contributed by atoms with Crippen LogP contribution in [0.3, 0.4) is 0 Å². The van der Waals surface area contributed by atoms with E-state index in [9.17, 15) is 4.79 Å². The number of aryl methyl sites for hydroxylation is 1. The highest BCUT2D eigenvalue weighted by atomic mass is 35.5. The molecule has 3 rings (SSSR count). The molecule has 1 N–H and O–H groups in total. The Morgan fingerprint density at radius 1 is 1.28 bits per heavy atom. The molecule has 2 saturated heterocycles. The van der Waals surface area contributed by atoms with Crippen LogP contribution < -0.4 is 10.2 Å². The molecule has 5 heteroatoms. The molecule has 0 spiro atoms. The van der Waals surface area contributed by atoms with Crippen LogP contribution in [0.5, 0.6) is 0 Å². The Morgan fingerprint density at radius 2 is 2.12 bits per heavy atom. The van der Waals surface area contributed by atoms with Gasteiger partial charge in [0.1, 0.15) is 0 Å². The van der Waals surface area contributed by atoms with E-state index in [1.54, 1.807) is 0 Å². The van der Waals surface area contributed by atoms with Crippen molar-refractivity contribution in [3.8, 4) is 0 Å². The number of anilines is 1. The van der Waals surface area contributed by atoms with Crippen LogP contribution in [-0.2, 0) is 0 Å². The smallest absolute Gasteiger partial charge is 0.317 e. The second kappa shape index (κ2) is 8.31. The molecule has 0 aromatic heterocycles. The number of nitrogens with zero attached hydrogens (tertiary/aromatic N) is 2. The van der Waals surface area contributed by atoms with E-state index in [2.05, 4.69) is 41.1 Å². The summed E-state index contributed by atoms with van der Waals surface area (Å²) in [6, 6.07) is 6.62. The molecule has 4 nitrogen and oxygen atoms in total. The second-order valence-electron chi connectivity index (χ2n) is 7.47. The Kier molecular flexibility index (Phi) is 6.10. The fourth-order valence-electron chi connectivity index (χ4n) is 4.17. The van der Waals surface area contributed by atoms with Crippen LogP contribution in [0.15, 0.2) is 18.2 Å². The van der Waals surface area contributed by atoms with E-state index >= 15 is 0 Å². The summed E-state index contributed by atoms with van der Waals surface area (Å²) >= 11 is 6.16. The van der Waals surface area contributed by atoms with Gasteiger partial charge in [0.05, 0.1) is 0 Å². The van der Waals surface area contributed by atoms with Gasteiger partial charge < -0.3 is 15.1 Å². The van der Waals surface area contributed by atoms with Gasteiger partial charge in [-0.2, -0.15) is 0 Å². The predicted octanol–water partition coefficient (Wildman–Crippen LogP) is 4.45. The minimum Gasteiger partial charge on any atom is -0.371 e. The second-order valence-corrected chi connectivity index (χ2v) is 7.91. The number of carbonyl (C=O) groups excluding carboxylic acids is 1. The maximum absolute atomic E-state index is 12.6. The van der Waals surface area contributed by atoms with Crippen LogP contribution >= 0.6 is 11.6 Å². The van der Waals surface area contributed by atoms with Crippen molar-refractivity contribution >= 4 is 23.3 Å². The van der Waals surface area contributed by atoms with Gasteiger partial charge in [0, 0.05) is 42.9 Å². The van der Waals surface area contributed by atoms with Gasteiger partial charge in [-0.3, -0.25) is 0 Å². The topological polar surface area (TPSA) is 35.6 Å². The summed E-state index contributed by atoms with van der Waals surface area (Å²) < 4.78 is 0. The Bertz CT molecular complexity index is 607. The van der Waals surface area contributed by atoms with E-state index < -0.39 is 0 Å². The molecular formula is C20H30ClN3O. The molecular weight excluding hydrogens is 334 g/mol. The molecule has 0 saturated carbocycles. The SMILES string of the molecule is CCC1CCCCN1C(=O)NCC1CCN(c2cc(Cl)ccc2C)C1. The summed E-state index contributed by atoms with van der Waals surface area (Å²) in [7, 11) is 0. The Balaban J connectivity index is 1.51. The number of benzene rings is 1. The van der Waals surface area contributed by atoms with Crippen LogP contribution in [-0.4, -0.2) is 43.2 Å². The number of nitrogens with one attached hydrogen (secondary N) is 1. The quantitative estimate of drug-likeness (QED) is 0.857. The highest BCUT2D eigenvalue weighted by molar-refractivity contribution is 6.30. The van der Waals surface area contributed by atoms with Crippen LogP contribution in [0.1, 0.15) is 44.6 Å². The minimum absolute atomic E-state index is 0.129. The van der Waals surface area contributed by atoms with Crippen LogP contribution in [0, 0.1) is 12.8 Å². The van der Waals surface area contributed by atoms with Gasteiger partial charge in [-0.1, -0.05) is 24.6 Å². The number of carbonyl (C=O) groups is 1. The van der Waals surface area contributed by atoms with E-state index in [1.165, 1.54) is 17.7 Å². The van der Waals surface area contributed by atoms with Gasteiger partial charge >= 0.3 is 6.03 Å². The summed E-state index contributed by atoms with van der Waals surface area (Å²) in [5.41, 5.74) is 2.48. The third-order valence-corrected chi connectivity index (χ3v) is 5.93.